The molecule has 8 heteroatoms. The zero-order valence-electron chi connectivity index (χ0n) is 11.6. The van der Waals surface area contributed by atoms with Crippen molar-refractivity contribution in [1.82, 2.24) is 10.9 Å². The molecule has 2 aromatic carbocycles. The molecule has 5 nitrogen and oxygen atoms in total. The molecule has 0 atom stereocenters. The fraction of sp³-hybridized carbons (Fsp3) is 0.0667. The Hall–Kier alpha value is -2.12. The van der Waals surface area contributed by atoms with E-state index in [0.717, 1.165) is 0 Å². The van der Waals surface area contributed by atoms with Crippen LogP contribution in [0.4, 0.5) is 4.39 Å². The van der Waals surface area contributed by atoms with Gasteiger partial charge in [0.2, 0.25) is 0 Å². The van der Waals surface area contributed by atoms with E-state index >= 15 is 0 Å². The normalized spacial score (nSPS) is 10.0. The number of hydrogen-bond donors (Lipinski definition) is 2. The molecule has 2 amide bonds. The minimum atomic E-state index is -0.566. The summed E-state index contributed by atoms with van der Waals surface area (Å²) in [7, 11) is 0. The SMILES string of the molecule is O=C(COc1ccc(F)cc1Br)NNC(=O)c1ccc(Cl)cc1. The second kappa shape index (κ2) is 7.94. The molecular formula is C15H11BrClFN2O3. The van der Waals surface area contributed by atoms with E-state index in [1.807, 2.05) is 0 Å². The van der Waals surface area contributed by atoms with Gasteiger partial charge in [-0.3, -0.25) is 20.4 Å². The predicted molar refractivity (Wildman–Crippen MR) is 86.7 cm³/mol. The Morgan fingerprint density at radius 1 is 1.13 bits per heavy atom. The quantitative estimate of drug-likeness (QED) is 0.774. The van der Waals surface area contributed by atoms with Crippen LogP contribution >= 0.6 is 27.5 Å². The summed E-state index contributed by atoms with van der Waals surface area (Å²) in [5.41, 5.74) is 4.80. The van der Waals surface area contributed by atoms with Gasteiger partial charge in [0.25, 0.3) is 11.8 Å². The van der Waals surface area contributed by atoms with Gasteiger partial charge in [-0.2, -0.15) is 0 Å². The van der Waals surface area contributed by atoms with Crippen molar-refractivity contribution >= 4 is 39.3 Å². The average molecular weight is 402 g/mol. The van der Waals surface area contributed by atoms with Crippen LogP contribution in [0.3, 0.4) is 0 Å². The Morgan fingerprint density at radius 3 is 2.48 bits per heavy atom. The third-order valence-corrected chi connectivity index (χ3v) is 3.55. The van der Waals surface area contributed by atoms with Crippen LogP contribution in [0.2, 0.25) is 5.02 Å². The van der Waals surface area contributed by atoms with Crippen LogP contribution in [0.15, 0.2) is 46.9 Å². The van der Waals surface area contributed by atoms with Crippen LogP contribution in [-0.4, -0.2) is 18.4 Å². The lowest BCUT2D eigenvalue weighted by atomic mass is 10.2. The Morgan fingerprint density at radius 2 is 1.83 bits per heavy atom. The highest BCUT2D eigenvalue weighted by Crippen LogP contribution is 2.25. The van der Waals surface area contributed by atoms with Crippen LogP contribution in [0.5, 0.6) is 5.75 Å². The predicted octanol–water partition coefficient (Wildman–Crippen LogP) is 3.08. The van der Waals surface area contributed by atoms with Gasteiger partial charge in [0.1, 0.15) is 11.6 Å². The van der Waals surface area contributed by atoms with Gasteiger partial charge in [-0.1, -0.05) is 11.6 Å². The Bertz CT molecular complexity index is 725. The summed E-state index contributed by atoms with van der Waals surface area (Å²) in [5.74, 6) is -1.17. The number of benzene rings is 2. The smallest absolute Gasteiger partial charge is 0.276 e. The summed E-state index contributed by atoms with van der Waals surface area (Å²) in [6, 6.07) is 9.99. The molecule has 0 heterocycles. The van der Waals surface area contributed by atoms with Crippen LogP contribution in [0.1, 0.15) is 10.4 Å². The highest BCUT2D eigenvalue weighted by molar-refractivity contribution is 9.10. The first-order chi connectivity index (χ1) is 11.0. The van der Waals surface area contributed by atoms with Crippen LogP contribution in [0.25, 0.3) is 0 Å². The fourth-order valence-corrected chi connectivity index (χ4v) is 2.16. The summed E-state index contributed by atoms with van der Waals surface area (Å²) in [4.78, 5) is 23.4. The van der Waals surface area contributed by atoms with Gasteiger partial charge in [-0.15, -0.1) is 0 Å². The van der Waals surface area contributed by atoms with E-state index in [-0.39, 0.29) is 6.61 Å². The van der Waals surface area contributed by atoms with Gasteiger partial charge in [-0.05, 0) is 58.4 Å². The highest BCUT2D eigenvalue weighted by Gasteiger charge is 2.09. The number of halogens is 3. The van der Waals surface area contributed by atoms with Crippen molar-refractivity contribution in [1.29, 1.82) is 0 Å². The first-order valence-electron chi connectivity index (χ1n) is 6.38. The minimum Gasteiger partial charge on any atom is -0.483 e. The third-order valence-electron chi connectivity index (χ3n) is 2.67. The first-order valence-corrected chi connectivity index (χ1v) is 7.55. The number of hydrazine groups is 1. The van der Waals surface area contributed by atoms with Crippen molar-refractivity contribution in [2.24, 2.45) is 0 Å². The average Bonchev–Trinajstić information content (AvgIpc) is 2.52. The lowest BCUT2D eigenvalue weighted by molar-refractivity contribution is -0.123. The summed E-state index contributed by atoms with van der Waals surface area (Å²) in [6.45, 7) is -0.342. The van der Waals surface area contributed by atoms with Crippen molar-refractivity contribution in [3.05, 3.63) is 63.3 Å². The van der Waals surface area contributed by atoms with Crippen molar-refractivity contribution in [2.75, 3.05) is 6.61 Å². The molecule has 0 aromatic heterocycles. The van der Waals surface area contributed by atoms with Gasteiger partial charge in [0, 0.05) is 10.6 Å². The van der Waals surface area contributed by atoms with Gasteiger partial charge in [0.15, 0.2) is 6.61 Å². The maximum atomic E-state index is 12.9. The van der Waals surface area contributed by atoms with Gasteiger partial charge in [-0.25, -0.2) is 4.39 Å². The zero-order valence-corrected chi connectivity index (χ0v) is 13.9. The number of amides is 2. The summed E-state index contributed by atoms with van der Waals surface area (Å²) >= 11 is 8.84. The number of rotatable bonds is 4. The van der Waals surface area contributed by atoms with Crippen LogP contribution in [-0.2, 0) is 4.79 Å². The zero-order chi connectivity index (χ0) is 16.8. The van der Waals surface area contributed by atoms with E-state index < -0.39 is 17.6 Å². The number of carbonyl (C=O) groups is 2. The minimum absolute atomic E-state index is 0.311. The Balaban J connectivity index is 1.81. The molecule has 0 fully saturated rings. The molecule has 0 aliphatic heterocycles. The summed E-state index contributed by atoms with van der Waals surface area (Å²) in [5, 5.41) is 0.504. The lowest BCUT2D eigenvalue weighted by Crippen LogP contribution is -2.43. The second-order valence-electron chi connectivity index (χ2n) is 4.37. The second-order valence-corrected chi connectivity index (χ2v) is 5.66. The standard InChI is InChI=1S/C15H11BrClFN2O3/c16-12-7-11(18)5-6-13(12)23-8-14(21)19-20-15(22)9-1-3-10(17)4-2-9/h1-7H,8H2,(H,19,21)(H,20,22). The van der Waals surface area contributed by atoms with Crippen LogP contribution < -0.4 is 15.6 Å². The van der Waals surface area contributed by atoms with E-state index in [1.165, 1.54) is 30.3 Å². The van der Waals surface area contributed by atoms with Crippen molar-refractivity contribution in [3.63, 3.8) is 0 Å². The van der Waals surface area contributed by atoms with E-state index in [0.29, 0.717) is 20.8 Å². The van der Waals surface area contributed by atoms with E-state index in [9.17, 15) is 14.0 Å². The van der Waals surface area contributed by atoms with Crippen molar-refractivity contribution < 1.29 is 18.7 Å². The first kappa shape index (κ1) is 17.2. The molecule has 2 aromatic rings. The largest absolute Gasteiger partial charge is 0.483 e. The highest BCUT2D eigenvalue weighted by atomic mass is 79.9. The maximum Gasteiger partial charge on any atom is 0.276 e. The fourth-order valence-electron chi connectivity index (χ4n) is 1.57. The summed E-state index contributed by atoms with van der Waals surface area (Å²) in [6.07, 6.45) is 0. The molecule has 120 valence electrons. The molecule has 0 saturated heterocycles. The molecule has 2 N–H and O–H groups in total. The Labute approximate surface area is 144 Å². The molecule has 0 saturated carbocycles. The molecule has 0 aliphatic carbocycles. The number of ether oxygens (including phenoxy) is 1. The summed E-state index contributed by atoms with van der Waals surface area (Å²) < 4.78 is 18.5. The van der Waals surface area contributed by atoms with Crippen LogP contribution in [0, 0.1) is 5.82 Å². The molecule has 0 bridgehead atoms. The van der Waals surface area contributed by atoms with E-state index in [2.05, 4.69) is 26.8 Å². The van der Waals surface area contributed by atoms with Gasteiger partial charge >= 0.3 is 0 Å². The Kier molecular flexibility index (Phi) is 5.95. The molecule has 2 rings (SSSR count). The molecule has 23 heavy (non-hydrogen) atoms. The number of carbonyl (C=O) groups excluding carboxylic acids is 2. The number of nitrogens with one attached hydrogen (secondary N) is 2. The van der Waals surface area contributed by atoms with Gasteiger partial charge in [0.05, 0.1) is 4.47 Å². The van der Waals surface area contributed by atoms with Gasteiger partial charge < -0.3 is 4.74 Å². The van der Waals surface area contributed by atoms with E-state index in [4.69, 9.17) is 16.3 Å². The molecule has 0 radical (unpaired) electrons. The van der Waals surface area contributed by atoms with Crippen molar-refractivity contribution in [2.45, 2.75) is 0 Å². The third kappa shape index (κ3) is 5.22. The lowest BCUT2D eigenvalue weighted by Gasteiger charge is -2.10. The maximum absolute atomic E-state index is 12.9. The number of hydrogen-bond acceptors (Lipinski definition) is 3. The van der Waals surface area contributed by atoms with Crippen molar-refractivity contribution in [3.8, 4) is 5.75 Å². The monoisotopic (exact) mass is 400 g/mol. The molecule has 0 spiro atoms. The molecular weight excluding hydrogens is 391 g/mol. The molecule has 0 unspecified atom stereocenters. The molecule has 0 aliphatic rings. The van der Waals surface area contributed by atoms with E-state index in [1.54, 1.807) is 12.1 Å². The topological polar surface area (TPSA) is 67.4 Å².